The molecule has 1 aromatic carbocycles. The molecule has 3 rings (SSSR count). The van der Waals surface area contributed by atoms with Gasteiger partial charge in [-0.2, -0.15) is 5.10 Å². The molecule has 1 aliphatic heterocycles. The van der Waals surface area contributed by atoms with Gasteiger partial charge in [-0.25, -0.2) is 0 Å². The number of rotatable bonds is 3. The van der Waals surface area contributed by atoms with Crippen LogP contribution in [-0.2, 0) is 18.4 Å². The Balaban J connectivity index is 1.79. The summed E-state index contributed by atoms with van der Waals surface area (Å²) >= 11 is 0. The van der Waals surface area contributed by atoms with E-state index in [0.717, 1.165) is 16.9 Å². The van der Waals surface area contributed by atoms with Gasteiger partial charge in [-0.15, -0.1) is 0 Å². The number of aromatic nitrogens is 2. The Morgan fingerprint density at radius 1 is 1.50 bits per heavy atom. The molecule has 6 heteroatoms. The van der Waals surface area contributed by atoms with Gasteiger partial charge in [-0.1, -0.05) is 18.2 Å². The van der Waals surface area contributed by atoms with Crippen LogP contribution in [0, 0.1) is 0 Å². The minimum atomic E-state index is -0.375. The molecule has 0 spiro atoms. The number of likely N-dealkylation sites (N-methyl/N-ethyl adjacent to an activating group) is 1. The van der Waals surface area contributed by atoms with E-state index in [1.165, 1.54) is 0 Å². The molecule has 1 atom stereocenters. The summed E-state index contributed by atoms with van der Waals surface area (Å²) in [5, 5.41) is 7.41. The molecule has 6 nitrogen and oxygen atoms in total. The van der Waals surface area contributed by atoms with Crippen molar-refractivity contribution in [1.29, 1.82) is 0 Å². The van der Waals surface area contributed by atoms with Crippen molar-refractivity contribution >= 4 is 5.91 Å². The van der Waals surface area contributed by atoms with Crippen molar-refractivity contribution in [3.05, 3.63) is 47.8 Å². The number of hydrogen-bond donors (Lipinski definition) is 1. The lowest BCUT2D eigenvalue weighted by molar-refractivity contribution is -0.132. The molecule has 2 aromatic rings. The number of benzene rings is 1. The second-order valence-electron chi connectivity index (χ2n) is 5.49. The van der Waals surface area contributed by atoms with Gasteiger partial charge < -0.3 is 9.64 Å². The van der Waals surface area contributed by atoms with Gasteiger partial charge in [0.15, 0.2) is 0 Å². The molecule has 1 aromatic heterocycles. The first-order valence-electron chi connectivity index (χ1n) is 7.33. The van der Waals surface area contributed by atoms with Gasteiger partial charge in [0, 0.05) is 44.5 Å². The number of fused-ring (bicyclic) bond motifs is 1. The van der Waals surface area contributed by atoms with Crippen LogP contribution in [0.2, 0.25) is 0 Å². The second kappa shape index (κ2) is 6.19. The van der Waals surface area contributed by atoms with Gasteiger partial charge in [0.2, 0.25) is 5.91 Å². The van der Waals surface area contributed by atoms with Crippen molar-refractivity contribution in [3.63, 3.8) is 0 Å². The third kappa shape index (κ3) is 2.96. The molecular weight excluding hydrogens is 280 g/mol. The summed E-state index contributed by atoms with van der Waals surface area (Å²) in [4.78, 5) is 14.5. The van der Waals surface area contributed by atoms with Gasteiger partial charge in [0.1, 0.15) is 18.4 Å². The number of hydrogen-bond acceptors (Lipinski definition) is 4. The maximum Gasteiger partial charge on any atom is 0.244 e. The average Bonchev–Trinajstić information content (AvgIpc) is 2.81. The third-order valence-corrected chi connectivity index (χ3v) is 3.74. The van der Waals surface area contributed by atoms with E-state index in [1.54, 1.807) is 15.8 Å². The third-order valence-electron chi connectivity index (χ3n) is 3.74. The van der Waals surface area contributed by atoms with Crippen LogP contribution in [-0.4, -0.2) is 40.8 Å². The summed E-state index contributed by atoms with van der Waals surface area (Å²) in [6, 6.07) is 7.32. The number of carbonyl (C=O) groups is 1. The Morgan fingerprint density at radius 2 is 2.32 bits per heavy atom. The quantitative estimate of drug-likeness (QED) is 0.922. The number of ether oxygens (including phenoxy) is 1. The van der Waals surface area contributed by atoms with Crippen LogP contribution in [0.15, 0.2) is 36.7 Å². The zero-order valence-electron chi connectivity index (χ0n) is 12.8. The second-order valence-corrected chi connectivity index (χ2v) is 5.49. The fourth-order valence-electron chi connectivity index (χ4n) is 2.67. The van der Waals surface area contributed by atoms with E-state index in [9.17, 15) is 4.79 Å². The van der Waals surface area contributed by atoms with E-state index >= 15 is 0 Å². The van der Waals surface area contributed by atoms with Crippen LogP contribution in [0.4, 0.5) is 0 Å². The number of carbonyl (C=O) groups excluding carboxylic acids is 1. The molecule has 0 saturated heterocycles. The zero-order valence-corrected chi connectivity index (χ0v) is 12.8. The van der Waals surface area contributed by atoms with Crippen molar-refractivity contribution in [1.82, 2.24) is 20.0 Å². The first kappa shape index (κ1) is 14.6. The highest BCUT2D eigenvalue weighted by molar-refractivity contribution is 5.84. The van der Waals surface area contributed by atoms with Crippen LogP contribution in [0.25, 0.3) is 0 Å². The van der Waals surface area contributed by atoms with Gasteiger partial charge in [0.05, 0.1) is 6.20 Å². The van der Waals surface area contributed by atoms with Gasteiger partial charge in [-0.3, -0.25) is 14.8 Å². The molecule has 0 saturated carbocycles. The largest absolute Gasteiger partial charge is 0.492 e. The predicted octanol–water partition coefficient (Wildman–Crippen LogP) is 1.10. The molecule has 0 aliphatic carbocycles. The monoisotopic (exact) mass is 300 g/mol. The molecule has 1 aliphatic rings. The minimum absolute atomic E-state index is 0.0294. The van der Waals surface area contributed by atoms with E-state index < -0.39 is 0 Å². The van der Waals surface area contributed by atoms with Crippen LogP contribution in [0.3, 0.4) is 0 Å². The molecule has 0 bridgehead atoms. The summed E-state index contributed by atoms with van der Waals surface area (Å²) in [6.07, 6.45) is 3.70. The zero-order chi connectivity index (χ0) is 15.5. The van der Waals surface area contributed by atoms with E-state index in [0.29, 0.717) is 19.7 Å². The number of amides is 1. The Hall–Kier alpha value is -2.34. The Bertz CT molecular complexity index is 668. The predicted molar refractivity (Wildman–Crippen MR) is 82.4 cm³/mol. The molecular formula is C16H20N4O2. The standard InChI is InChI=1S/C16H20N4O2/c1-19(10-12-9-18-20(2)11-12)16(21)15-13-5-3-4-6-14(13)22-8-7-17-15/h3-6,9,11,15,17H,7-8,10H2,1-2H3. The topological polar surface area (TPSA) is 59.4 Å². The van der Waals surface area contributed by atoms with Crippen molar-refractivity contribution in [2.45, 2.75) is 12.6 Å². The van der Waals surface area contributed by atoms with E-state index in [2.05, 4.69) is 10.4 Å². The van der Waals surface area contributed by atoms with Crippen LogP contribution >= 0.6 is 0 Å². The number of nitrogens with one attached hydrogen (secondary N) is 1. The smallest absolute Gasteiger partial charge is 0.244 e. The maximum atomic E-state index is 12.8. The first-order chi connectivity index (χ1) is 10.6. The fraction of sp³-hybridized carbons (Fsp3) is 0.375. The maximum absolute atomic E-state index is 12.8. The van der Waals surface area contributed by atoms with E-state index in [-0.39, 0.29) is 11.9 Å². The van der Waals surface area contributed by atoms with Gasteiger partial charge in [0.25, 0.3) is 0 Å². The van der Waals surface area contributed by atoms with E-state index in [1.807, 2.05) is 44.6 Å². The molecule has 116 valence electrons. The van der Waals surface area contributed by atoms with Gasteiger partial charge in [-0.05, 0) is 6.07 Å². The fourth-order valence-corrected chi connectivity index (χ4v) is 2.67. The molecule has 2 heterocycles. The summed E-state index contributed by atoms with van der Waals surface area (Å²) in [5.74, 6) is 0.808. The van der Waals surface area contributed by atoms with Crippen LogP contribution < -0.4 is 10.1 Å². The van der Waals surface area contributed by atoms with E-state index in [4.69, 9.17) is 4.74 Å². The number of aryl methyl sites for hydroxylation is 1. The SMILES string of the molecule is CN(Cc1cnn(C)c1)C(=O)C1NCCOc2ccccc21. The summed E-state index contributed by atoms with van der Waals surface area (Å²) < 4.78 is 7.42. The summed E-state index contributed by atoms with van der Waals surface area (Å²) in [7, 11) is 3.68. The first-order valence-corrected chi connectivity index (χ1v) is 7.33. The Labute approximate surface area is 129 Å². The van der Waals surface area contributed by atoms with Crippen molar-refractivity contribution in [2.75, 3.05) is 20.2 Å². The lowest BCUT2D eigenvalue weighted by Gasteiger charge is -2.23. The summed E-state index contributed by atoms with van der Waals surface area (Å²) in [5.41, 5.74) is 1.90. The molecule has 1 amide bonds. The number of para-hydroxylation sites is 1. The molecule has 0 fully saturated rings. The minimum Gasteiger partial charge on any atom is -0.492 e. The Morgan fingerprint density at radius 3 is 3.09 bits per heavy atom. The summed E-state index contributed by atoms with van der Waals surface area (Å²) in [6.45, 7) is 1.74. The molecule has 1 N–H and O–H groups in total. The highest BCUT2D eigenvalue weighted by atomic mass is 16.5. The number of nitrogens with zero attached hydrogens (tertiary/aromatic N) is 3. The lowest BCUT2D eigenvalue weighted by Crippen LogP contribution is -2.38. The lowest BCUT2D eigenvalue weighted by atomic mass is 10.0. The van der Waals surface area contributed by atoms with Crippen LogP contribution in [0.1, 0.15) is 17.2 Å². The van der Waals surface area contributed by atoms with Crippen molar-refractivity contribution in [2.24, 2.45) is 7.05 Å². The average molecular weight is 300 g/mol. The molecule has 0 radical (unpaired) electrons. The Kier molecular flexibility index (Phi) is 4.11. The van der Waals surface area contributed by atoms with Crippen molar-refractivity contribution < 1.29 is 9.53 Å². The van der Waals surface area contributed by atoms with Crippen molar-refractivity contribution in [3.8, 4) is 5.75 Å². The highest BCUT2D eigenvalue weighted by Crippen LogP contribution is 2.28. The van der Waals surface area contributed by atoms with Crippen LogP contribution in [0.5, 0.6) is 5.75 Å². The molecule has 22 heavy (non-hydrogen) atoms. The molecule has 1 unspecified atom stereocenters. The highest BCUT2D eigenvalue weighted by Gasteiger charge is 2.28. The normalized spacial score (nSPS) is 17.3. The van der Waals surface area contributed by atoms with Gasteiger partial charge >= 0.3 is 0 Å².